The van der Waals surface area contributed by atoms with Crippen molar-refractivity contribution in [3.63, 3.8) is 0 Å². The van der Waals surface area contributed by atoms with E-state index in [2.05, 4.69) is 0 Å². The normalized spacial score (nSPS) is 33.6. The van der Waals surface area contributed by atoms with Gasteiger partial charge in [0.15, 0.2) is 0 Å². The molecule has 0 N–H and O–H groups in total. The lowest BCUT2D eigenvalue weighted by Gasteiger charge is -2.25. The van der Waals surface area contributed by atoms with Crippen LogP contribution < -0.4 is 0 Å². The molecule has 1 saturated heterocycles. The van der Waals surface area contributed by atoms with Gasteiger partial charge < -0.3 is 4.74 Å². The van der Waals surface area contributed by atoms with Gasteiger partial charge >= 0.3 is 0 Å². The molecule has 11 heavy (non-hydrogen) atoms. The first-order chi connectivity index (χ1) is 5.02. The van der Waals surface area contributed by atoms with Crippen LogP contribution in [0.15, 0.2) is 0 Å². The highest BCUT2D eigenvalue weighted by Gasteiger charge is 2.31. The van der Waals surface area contributed by atoms with E-state index in [4.69, 9.17) is 15.4 Å². The lowest BCUT2D eigenvalue weighted by atomic mass is 10.0. The summed E-state index contributed by atoms with van der Waals surface area (Å²) in [6.45, 7) is 2.83. The van der Waals surface area contributed by atoms with Crippen molar-refractivity contribution in [3.05, 3.63) is 0 Å². The molecule has 1 heterocycles. The van der Waals surface area contributed by atoms with Crippen LogP contribution >= 0.6 is 10.7 Å². The minimum absolute atomic E-state index is 0.0197. The number of hydrogen-bond donors (Lipinski definition) is 0. The molecule has 3 nitrogen and oxygen atoms in total. The third-order valence-corrected chi connectivity index (χ3v) is 4.03. The quantitative estimate of drug-likeness (QED) is 0.590. The van der Waals surface area contributed by atoms with Crippen LogP contribution in [0, 0.1) is 5.92 Å². The van der Waals surface area contributed by atoms with Crippen molar-refractivity contribution in [2.45, 2.75) is 18.6 Å². The predicted octanol–water partition coefficient (Wildman–Crippen LogP) is 0.980. The molecule has 66 valence electrons. The summed E-state index contributed by atoms with van der Waals surface area (Å²) in [4.78, 5) is 0. The Bertz CT molecular complexity index is 224. The molecule has 5 heteroatoms. The van der Waals surface area contributed by atoms with Crippen molar-refractivity contribution < 1.29 is 13.2 Å². The highest BCUT2D eigenvalue weighted by molar-refractivity contribution is 8.14. The Hall–Kier alpha value is 0.200. The van der Waals surface area contributed by atoms with Crippen LogP contribution in [-0.4, -0.2) is 26.9 Å². The van der Waals surface area contributed by atoms with Gasteiger partial charge in [-0.05, 0) is 12.3 Å². The first-order valence-electron chi connectivity index (χ1n) is 3.53. The lowest BCUT2D eigenvalue weighted by molar-refractivity contribution is 0.0641. The second kappa shape index (κ2) is 3.29. The maximum atomic E-state index is 10.9. The highest BCUT2D eigenvalue weighted by Crippen LogP contribution is 2.23. The van der Waals surface area contributed by atoms with Gasteiger partial charge in [-0.3, -0.25) is 0 Å². The van der Waals surface area contributed by atoms with Gasteiger partial charge in [0, 0.05) is 17.3 Å². The molecule has 0 aromatic rings. The van der Waals surface area contributed by atoms with E-state index in [9.17, 15) is 8.42 Å². The van der Waals surface area contributed by atoms with Crippen LogP contribution in [0.5, 0.6) is 0 Å². The van der Waals surface area contributed by atoms with E-state index >= 15 is 0 Å². The monoisotopic (exact) mass is 198 g/mol. The van der Waals surface area contributed by atoms with Crippen molar-refractivity contribution in [1.29, 1.82) is 0 Å². The molecule has 0 aromatic carbocycles. The van der Waals surface area contributed by atoms with Crippen LogP contribution in [-0.2, 0) is 13.8 Å². The molecule has 0 amide bonds. The van der Waals surface area contributed by atoms with Crippen molar-refractivity contribution >= 4 is 19.7 Å². The summed E-state index contributed by atoms with van der Waals surface area (Å²) in [5, 5.41) is -0.419. The topological polar surface area (TPSA) is 43.4 Å². The fourth-order valence-corrected chi connectivity index (χ4v) is 3.08. The Morgan fingerprint density at radius 1 is 1.55 bits per heavy atom. The standard InChI is InChI=1S/C6H11ClO3S/c1-5-4-10-3-2-6(5)11(7,8)9/h5-6H,2-4H2,1H3/t5-,6+/m0/s1. The fraction of sp³-hybridized carbons (Fsp3) is 1.00. The summed E-state index contributed by atoms with van der Waals surface area (Å²) in [6.07, 6.45) is 0.521. The minimum atomic E-state index is -3.38. The summed E-state index contributed by atoms with van der Waals surface area (Å²) in [6, 6.07) is 0. The van der Waals surface area contributed by atoms with E-state index in [1.54, 1.807) is 0 Å². The van der Waals surface area contributed by atoms with E-state index in [1.165, 1.54) is 0 Å². The zero-order valence-corrected chi connectivity index (χ0v) is 7.86. The summed E-state index contributed by atoms with van der Waals surface area (Å²) >= 11 is 0. The molecule has 0 radical (unpaired) electrons. The molecule has 0 aliphatic carbocycles. The van der Waals surface area contributed by atoms with Gasteiger partial charge in [0.1, 0.15) is 0 Å². The van der Waals surface area contributed by atoms with Crippen LogP contribution in [0.4, 0.5) is 0 Å². The zero-order valence-electron chi connectivity index (χ0n) is 6.29. The molecular formula is C6H11ClO3S. The highest BCUT2D eigenvalue weighted by atomic mass is 35.7. The third kappa shape index (κ3) is 2.32. The Kier molecular flexibility index (Phi) is 2.78. The first-order valence-corrected chi connectivity index (χ1v) is 5.90. The smallest absolute Gasteiger partial charge is 0.235 e. The molecule has 1 aliphatic heterocycles. The van der Waals surface area contributed by atoms with Crippen LogP contribution in [0.25, 0.3) is 0 Å². The molecule has 1 rings (SSSR count). The Balaban J connectivity index is 2.70. The average Bonchev–Trinajstić information content (AvgIpc) is 1.86. The van der Waals surface area contributed by atoms with Crippen molar-refractivity contribution in [2.75, 3.05) is 13.2 Å². The fourth-order valence-electron chi connectivity index (χ4n) is 1.28. The van der Waals surface area contributed by atoms with E-state index in [0.717, 1.165) is 0 Å². The van der Waals surface area contributed by atoms with Gasteiger partial charge in [0.05, 0.1) is 11.9 Å². The predicted molar refractivity (Wildman–Crippen MR) is 43.2 cm³/mol. The average molecular weight is 199 g/mol. The Morgan fingerprint density at radius 3 is 2.55 bits per heavy atom. The lowest BCUT2D eigenvalue weighted by Crippen LogP contribution is -2.33. The van der Waals surface area contributed by atoms with E-state index in [0.29, 0.717) is 19.6 Å². The maximum absolute atomic E-state index is 10.9. The molecule has 0 spiro atoms. The van der Waals surface area contributed by atoms with E-state index < -0.39 is 14.3 Å². The summed E-state index contributed by atoms with van der Waals surface area (Å²) in [5.41, 5.74) is 0. The Labute approximate surface area is 71.1 Å². The molecular weight excluding hydrogens is 188 g/mol. The van der Waals surface area contributed by atoms with Crippen LogP contribution in [0.3, 0.4) is 0 Å². The second-order valence-corrected chi connectivity index (χ2v) is 5.70. The number of hydrogen-bond acceptors (Lipinski definition) is 3. The number of rotatable bonds is 1. The molecule has 0 unspecified atom stereocenters. The molecule has 0 aromatic heterocycles. The zero-order chi connectivity index (χ0) is 8.48. The largest absolute Gasteiger partial charge is 0.381 e. The van der Waals surface area contributed by atoms with E-state index in [-0.39, 0.29) is 5.92 Å². The Morgan fingerprint density at radius 2 is 2.18 bits per heavy atom. The van der Waals surface area contributed by atoms with E-state index in [1.807, 2.05) is 6.92 Å². The third-order valence-electron chi connectivity index (χ3n) is 1.92. The summed E-state index contributed by atoms with van der Waals surface area (Å²) in [5.74, 6) is 0.0197. The summed E-state index contributed by atoms with van der Waals surface area (Å²) in [7, 11) is 1.84. The van der Waals surface area contributed by atoms with Crippen LogP contribution in [0.1, 0.15) is 13.3 Å². The second-order valence-electron chi connectivity index (χ2n) is 2.85. The molecule has 0 bridgehead atoms. The van der Waals surface area contributed by atoms with Gasteiger partial charge in [0.2, 0.25) is 9.05 Å². The van der Waals surface area contributed by atoms with Crippen LogP contribution in [0.2, 0.25) is 0 Å². The SMILES string of the molecule is C[C@H]1COCC[C@H]1S(=O)(=O)Cl. The molecule has 0 saturated carbocycles. The van der Waals surface area contributed by atoms with Crippen molar-refractivity contribution in [1.82, 2.24) is 0 Å². The molecule has 1 fully saturated rings. The summed E-state index contributed by atoms with van der Waals surface area (Å²) < 4.78 is 26.9. The van der Waals surface area contributed by atoms with Gasteiger partial charge in [-0.1, -0.05) is 6.92 Å². The van der Waals surface area contributed by atoms with Crippen molar-refractivity contribution in [2.24, 2.45) is 5.92 Å². The van der Waals surface area contributed by atoms with Gasteiger partial charge in [0.25, 0.3) is 0 Å². The van der Waals surface area contributed by atoms with Gasteiger partial charge in [-0.15, -0.1) is 0 Å². The number of ether oxygens (including phenoxy) is 1. The maximum Gasteiger partial charge on any atom is 0.235 e. The minimum Gasteiger partial charge on any atom is -0.381 e. The first kappa shape index (κ1) is 9.29. The van der Waals surface area contributed by atoms with Gasteiger partial charge in [-0.25, -0.2) is 8.42 Å². The van der Waals surface area contributed by atoms with Crippen molar-refractivity contribution in [3.8, 4) is 0 Å². The molecule has 2 atom stereocenters. The van der Waals surface area contributed by atoms with Gasteiger partial charge in [-0.2, -0.15) is 0 Å². The number of halogens is 1. The molecule has 1 aliphatic rings.